The molecule has 32 heavy (non-hydrogen) atoms. The first-order chi connectivity index (χ1) is 15.4. The van der Waals surface area contributed by atoms with Crippen molar-refractivity contribution in [2.24, 2.45) is 0 Å². The maximum absolute atomic E-state index is 14.5. The third-order valence-electron chi connectivity index (χ3n) is 5.39. The normalized spacial score (nSPS) is 13.8. The molecule has 10 nitrogen and oxygen atoms in total. The summed E-state index contributed by atoms with van der Waals surface area (Å²) >= 11 is 6.43. The van der Waals surface area contributed by atoms with Gasteiger partial charge in [-0.2, -0.15) is 9.49 Å². The number of rotatable bonds is 4. The lowest BCUT2D eigenvalue weighted by Gasteiger charge is -2.20. The van der Waals surface area contributed by atoms with Gasteiger partial charge in [0.1, 0.15) is 22.7 Å². The molecular formula is C20H19ClFN9O. The largest absolute Gasteiger partial charge is 0.381 e. The minimum absolute atomic E-state index is 0.111. The van der Waals surface area contributed by atoms with E-state index in [1.54, 1.807) is 42.9 Å². The predicted octanol–water partition coefficient (Wildman–Crippen LogP) is 2.99. The van der Waals surface area contributed by atoms with Crippen molar-refractivity contribution in [2.75, 3.05) is 17.6 Å². The maximum atomic E-state index is 14.5. The standard InChI is InChI=1S/C20H19ClFN9O/c1-9(27-20(32)14-18(23)29-30-5-3-4-24-19(14)30)12-6-13(21)16-17(22)28-10(2)31(16)15(12)11-7-25-26-8-11/h3,5-9,24H,4H2,1-2H3,(H2,23,29)(H,25,26)(H,27,32). The van der Waals surface area contributed by atoms with Crippen molar-refractivity contribution in [3.8, 4) is 11.3 Å². The number of carbonyl (C=O) groups excluding carboxylic acids is 1. The highest BCUT2D eigenvalue weighted by Gasteiger charge is 2.27. The molecule has 1 atom stereocenters. The number of pyridine rings is 1. The molecule has 164 valence electrons. The lowest BCUT2D eigenvalue weighted by Crippen LogP contribution is -2.29. The van der Waals surface area contributed by atoms with Gasteiger partial charge >= 0.3 is 0 Å². The van der Waals surface area contributed by atoms with Gasteiger partial charge in [0.05, 0.1) is 23.0 Å². The van der Waals surface area contributed by atoms with E-state index in [-0.39, 0.29) is 21.9 Å². The number of aromatic nitrogens is 6. The molecule has 5 heterocycles. The van der Waals surface area contributed by atoms with Gasteiger partial charge in [0.2, 0.25) is 5.95 Å². The van der Waals surface area contributed by atoms with E-state index in [4.69, 9.17) is 17.3 Å². The van der Waals surface area contributed by atoms with Crippen LogP contribution in [0.1, 0.15) is 34.7 Å². The summed E-state index contributed by atoms with van der Waals surface area (Å²) in [7, 11) is 0. The molecule has 12 heteroatoms. The third kappa shape index (κ3) is 3.01. The highest BCUT2D eigenvalue weighted by atomic mass is 35.5. The van der Waals surface area contributed by atoms with Gasteiger partial charge in [-0.25, -0.2) is 9.67 Å². The number of hydrogen-bond donors (Lipinski definition) is 4. The number of fused-ring (bicyclic) bond motifs is 2. The molecule has 0 aliphatic carbocycles. The number of halogens is 2. The van der Waals surface area contributed by atoms with E-state index in [1.165, 1.54) is 4.68 Å². The number of carbonyl (C=O) groups is 1. The summed E-state index contributed by atoms with van der Waals surface area (Å²) in [6.07, 6.45) is 6.90. The van der Waals surface area contributed by atoms with Gasteiger partial charge in [-0.3, -0.25) is 14.3 Å². The van der Waals surface area contributed by atoms with Crippen molar-refractivity contribution in [3.05, 3.63) is 52.5 Å². The Bertz CT molecular complexity index is 1390. The minimum Gasteiger partial charge on any atom is -0.381 e. The fourth-order valence-corrected chi connectivity index (χ4v) is 4.27. The van der Waals surface area contributed by atoms with Crippen LogP contribution in [-0.2, 0) is 0 Å². The van der Waals surface area contributed by atoms with E-state index in [0.29, 0.717) is 35.0 Å². The summed E-state index contributed by atoms with van der Waals surface area (Å²) in [5.74, 6) is -0.0201. The molecule has 0 fully saturated rings. The average molecular weight is 456 g/mol. The number of anilines is 2. The molecule has 0 saturated carbocycles. The molecule has 0 bridgehead atoms. The van der Waals surface area contributed by atoms with Crippen LogP contribution in [0.5, 0.6) is 0 Å². The zero-order chi connectivity index (χ0) is 22.6. The van der Waals surface area contributed by atoms with E-state index in [0.717, 1.165) is 0 Å². The Hall–Kier alpha value is -3.86. The van der Waals surface area contributed by atoms with E-state index < -0.39 is 17.9 Å². The van der Waals surface area contributed by atoms with Crippen LogP contribution in [0.15, 0.2) is 24.5 Å². The van der Waals surface area contributed by atoms with Crippen LogP contribution >= 0.6 is 11.6 Å². The molecule has 0 radical (unpaired) electrons. The van der Waals surface area contributed by atoms with E-state index >= 15 is 0 Å². The van der Waals surface area contributed by atoms with Crippen molar-refractivity contribution >= 4 is 40.9 Å². The first kappa shape index (κ1) is 20.1. The molecule has 0 spiro atoms. The number of amides is 1. The van der Waals surface area contributed by atoms with Gasteiger partial charge in [-0.05, 0) is 26.0 Å². The van der Waals surface area contributed by atoms with Crippen LogP contribution in [0, 0.1) is 12.9 Å². The SMILES string of the molecule is Cc1nc(F)c2c(Cl)cc(C(C)NC(=O)c3c(N)nn4c3NCC=C4)c(-c3cn[nH]c3)n12. The van der Waals surface area contributed by atoms with E-state index in [9.17, 15) is 9.18 Å². The number of imidazole rings is 1. The molecule has 1 aliphatic heterocycles. The Morgan fingerprint density at radius 3 is 3.00 bits per heavy atom. The van der Waals surface area contributed by atoms with E-state index in [2.05, 4.69) is 30.9 Å². The second-order valence-corrected chi connectivity index (χ2v) is 7.84. The van der Waals surface area contributed by atoms with E-state index in [1.807, 2.05) is 6.08 Å². The van der Waals surface area contributed by atoms with Gasteiger partial charge in [0.25, 0.3) is 5.91 Å². The second kappa shape index (κ2) is 7.38. The van der Waals surface area contributed by atoms with Crippen LogP contribution < -0.4 is 16.4 Å². The predicted molar refractivity (Wildman–Crippen MR) is 119 cm³/mol. The van der Waals surface area contributed by atoms with Gasteiger partial charge in [-0.15, -0.1) is 5.10 Å². The van der Waals surface area contributed by atoms with Crippen molar-refractivity contribution in [2.45, 2.75) is 19.9 Å². The Labute approximate surface area is 186 Å². The molecular weight excluding hydrogens is 437 g/mol. The molecule has 0 saturated heterocycles. The van der Waals surface area contributed by atoms with Crippen molar-refractivity contribution in [1.29, 1.82) is 0 Å². The summed E-state index contributed by atoms with van der Waals surface area (Å²) < 4.78 is 17.6. The quantitative estimate of drug-likeness (QED) is 0.374. The van der Waals surface area contributed by atoms with Crippen LogP contribution in [0.25, 0.3) is 23.0 Å². The van der Waals surface area contributed by atoms with Crippen molar-refractivity contribution in [1.82, 2.24) is 34.7 Å². The highest BCUT2D eigenvalue weighted by Crippen LogP contribution is 2.35. The van der Waals surface area contributed by atoms with Crippen molar-refractivity contribution in [3.63, 3.8) is 0 Å². The number of hydrogen-bond acceptors (Lipinski definition) is 6. The number of aromatic amines is 1. The topological polar surface area (TPSA) is 131 Å². The molecule has 4 aromatic heterocycles. The number of nitrogens with zero attached hydrogens (tertiary/aromatic N) is 5. The van der Waals surface area contributed by atoms with Crippen LogP contribution in [0.4, 0.5) is 16.0 Å². The molecule has 5 rings (SSSR count). The first-order valence-electron chi connectivity index (χ1n) is 9.82. The fraction of sp³-hybridized carbons (Fsp3) is 0.200. The fourth-order valence-electron chi connectivity index (χ4n) is 3.99. The van der Waals surface area contributed by atoms with Gasteiger partial charge in [-0.1, -0.05) is 11.6 Å². The van der Waals surface area contributed by atoms with Crippen LogP contribution in [-0.4, -0.2) is 41.8 Å². The number of nitrogen functional groups attached to an aromatic ring is 1. The lowest BCUT2D eigenvalue weighted by atomic mass is 10.0. The van der Waals surface area contributed by atoms with Gasteiger partial charge in [0.15, 0.2) is 5.82 Å². The molecule has 1 aliphatic rings. The summed E-state index contributed by atoms with van der Waals surface area (Å²) in [6, 6.07) is 1.11. The monoisotopic (exact) mass is 455 g/mol. The first-order valence-corrected chi connectivity index (χ1v) is 10.2. The molecule has 1 unspecified atom stereocenters. The summed E-state index contributed by atoms with van der Waals surface area (Å²) in [4.78, 5) is 17.1. The smallest absolute Gasteiger partial charge is 0.259 e. The number of H-pyrrole nitrogens is 1. The Morgan fingerprint density at radius 1 is 1.44 bits per heavy atom. The highest BCUT2D eigenvalue weighted by molar-refractivity contribution is 6.34. The molecule has 4 aromatic rings. The van der Waals surface area contributed by atoms with Crippen molar-refractivity contribution < 1.29 is 9.18 Å². The Balaban J connectivity index is 1.60. The number of aryl methyl sites for hydroxylation is 1. The molecule has 0 aromatic carbocycles. The maximum Gasteiger partial charge on any atom is 0.259 e. The zero-order valence-corrected chi connectivity index (χ0v) is 17.9. The Kier molecular flexibility index (Phi) is 4.63. The summed E-state index contributed by atoms with van der Waals surface area (Å²) in [6.45, 7) is 4.05. The lowest BCUT2D eigenvalue weighted by molar-refractivity contribution is 0.0941. The van der Waals surface area contributed by atoms with Gasteiger partial charge in [0, 0.05) is 30.1 Å². The number of nitrogens with one attached hydrogen (secondary N) is 3. The second-order valence-electron chi connectivity index (χ2n) is 7.43. The minimum atomic E-state index is -0.668. The Morgan fingerprint density at radius 2 is 2.25 bits per heavy atom. The number of nitrogens with two attached hydrogens (primary N) is 1. The van der Waals surface area contributed by atoms with Crippen LogP contribution in [0.2, 0.25) is 5.02 Å². The van der Waals surface area contributed by atoms with Crippen LogP contribution in [0.3, 0.4) is 0 Å². The summed E-state index contributed by atoms with van der Waals surface area (Å²) in [5.41, 5.74) is 8.39. The molecule has 5 N–H and O–H groups in total. The zero-order valence-electron chi connectivity index (χ0n) is 17.1. The summed E-state index contributed by atoms with van der Waals surface area (Å²) in [5, 5.41) is 17.2. The van der Waals surface area contributed by atoms with Gasteiger partial charge < -0.3 is 16.4 Å². The average Bonchev–Trinajstić information content (AvgIpc) is 3.45. The third-order valence-corrected chi connectivity index (χ3v) is 5.68. The molecule has 1 amide bonds.